The fourth-order valence-corrected chi connectivity index (χ4v) is 3.95. The lowest BCUT2D eigenvalue weighted by atomic mass is 9.86. The quantitative estimate of drug-likeness (QED) is 0.779. The fraction of sp³-hybridized carbons (Fsp3) is 0.444. The molecule has 2 heterocycles. The van der Waals surface area contributed by atoms with Gasteiger partial charge in [0.2, 0.25) is 0 Å². The summed E-state index contributed by atoms with van der Waals surface area (Å²) in [5.41, 5.74) is 15.0. The largest absolute Gasteiger partial charge is 0.330 e. The van der Waals surface area contributed by atoms with Gasteiger partial charge in [0.05, 0.1) is 23.8 Å². The molecule has 1 fully saturated rings. The average molecular weight is 309 g/mol. The predicted octanol–water partition coefficient (Wildman–Crippen LogP) is 2.73. The van der Waals surface area contributed by atoms with Gasteiger partial charge in [0.25, 0.3) is 0 Å². The third kappa shape index (κ3) is 2.40. The summed E-state index contributed by atoms with van der Waals surface area (Å²) in [6, 6.07) is 8.74. The summed E-state index contributed by atoms with van der Waals surface area (Å²) < 4.78 is 2.38. The second kappa shape index (κ2) is 5.91. The van der Waals surface area contributed by atoms with Crippen molar-refractivity contribution in [2.24, 2.45) is 17.4 Å². The average Bonchev–Trinajstić information content (AvgIpc) is 3.01. The van der Waals surface area contributed by atoms with Crippen molar-refractivity contribution in [2.75, 3.05) is 6.54 Å². The Balaban J connectivity index is 1.88. The van der Waals surface area contributed by atoms with Gasteiger partial charge >= 0.3 is 0 Å². The summed E-state index contributed by atoms with van der Waals surface area (Å²) in [4.78, 5) is 9.28. The van der Waals surface area contributed by atoms with Crippen molar-refractivity contribution in [1.29, 1.82) is 0 Å². The van der Waals surface area contributed by atoms with Crippen molar-refractivity contribution in [2.45, 2.75) is 38.3 Å². The number of rotatable bonds is 3. The smallest absolute Gasteiger partial charge is 0.124 e. The van der Waals surface area contributed by atoms with E-state index in [2.05, 4.69) is 27.8 Å². The van der Waals surface area contributed by atoms with Crippen LogP contribution in [-0.4, -0.2) is 21.1 Å². The molecule has 5 nitrogen and oxygen atoms in total. The fourth-order valence-electron chi connectivity index (χ4n) is 3.95. The Morgan fingerprint density at radius 1 is 1.04 bits per heavy atom. The lowest BCUT2D eigenvalue weighted by Crippen LogP contribution is -2.24. The van der Waals surface area contributed by atoms with Gasteiger partial charge in [-0.2, -0.15) is 0 Å². The zero-order chi connectivity index (χ0) is 15.8. The van der Waals surface area contributed by atoms with Gasteiger partial charge in [0.15, 0.2) is 0 Å². The second-order valence-electron chi connectivity index (χ2n) is 6.52. The van der Waals surface area contributed by atoms with Gasteiger partial charge in [-0.3, -0.25) is 4.98 Å². The highest BCUT2D eigenvalue weighted by molar-refractivity contribution is 6.02. The number of pyridine rings is 1. The lowest BCUT2D eigenvalue weighted by molar-refractivity contribution is 0.280. The van der Waals surface area contributed by atoms with Crippen LogP contribution in [-0.2, 0) is 6.54 Å². The van der Waals surface area contributed by atoms with E-state index in [0.717, 1.165) is 41.6 Å². The number of benzene rings is 1. The van der Waals surface area contributed by atoms with Crippen LogP contribution < -0.4 is 11.5 Å². The number of nitrogens with two attached hydrogens (primary N) is 2. The first-order valence-corrected chi connectivity index (χ1v) is 8.46. The van der Waals surface area contributed by atoms with Crippen LogP contribution in [0.1, 0.15) is 37.5 Å². The number of nitrogens with zero attached hydrogens (tertiary/aromatic N) is 3. The molecule has 2 aromatic heterocycles. The standard InChI is InChI=1S/C18H23N5/c19-9-12-5-7-13(8-6-12)23-17(10-20)22-16-11-21-15-4-2-1-3-14(15)18(16)23/h1-4,11-13H,5-10,19-20H2/t12-,13-. The summed E-state index contributed by atoms with van der Waals surface area (Å²) >= 11 is 0. The van der Waals surface area contributed by atoms with Crippen LogP contribution in [0, 0.1) is 5.92 Å². The van der Waals surface area contributed by atoms with Gasteiger partial charge in [-0.15, -0.1) is 0 Å². The van der Waals surface area contributed by atoms with Crippen LogP contribution >= 0.6 is 0 Å². The van der Waals surface area contributed by atoms with E-state index in [4.69, 9.17) is 16.5 Å². The molecule has 5 heteroatoms. The number of fused-ring (bicyclic) bond motifs is 3. The number of aromatic nitrogens is 3. The molecule has 0 aliphatic heterocycles. The zero-order valence-corrected chi connectivity index (χ0v) is 13.3. The number of hydrogen-bond acceptors (Lipinski definition) is 4. The third-order valence-electron chi connectivity index (χ3n) is 5.19. The second-order valence-corrected chi connectivity index (χ2v) is 6.52. The molecule has 3 aromatic rings. The molecule has 120 valence electrons. The first-order valence-electron chi connectivity index (χ1n) is 8.46. The predicted molar refractivity (Wildman–Crippen MR) is 93.0 cm³/mol. The van der Waals surface area contributed by atoms with E-state index in [0.29, 0.717) is 18.5 Å². The van der Waals surface area contributed by atoms with Crippen LogP contribution in [0.2, 0.25) is 0 Å². The van der Waals surface area contributed by atoms with Gasteiger partial charge in [-0.1, -0.05) is 18.2 Å². The maximum absolute atomic E-state index is 5.99. The molecule has 0 spiro atoms. The van der Waals surface area contributed by atoms with Gasteiger partial charge in [-0.25, -0.2) is 4.98 Å². The van der Waals surface area contributed by atoms with E-state index in [1.165, 1.54) is 18.4 Å². The summed E-state index contributed by atoms with van der Waals surface area (Å²) in [6.07, 6.45) is 6.55. The Labute approximate surface area is 135 Å². The molecule has 23 heavy (non-hydrogen) atoms. The Morgan fingerprint density at radius 3 is 2.57 bits per heavy atom. The van der Waals surface area contributed by atoms with Crippen molar-refractivity contribution in [3.63, 3.8) is 0 Å². The zero-order valence-electron chi connectivity index (χ0n) is 13.3. The maximum atomic E-state index is 5.99. The van der Waals surface area contributed by atoms with E-state index in [-0.39, 0.29) is 0 Å². The molecule has 0 amide bonds. The minimum Gasteiger partial charge on any atom is -0.330 e. The number of imidazole rings is 1. The topological polar surface area (TPSA) is 82.8 Å². The summed E-state index contributed by atoms with van der Waals surface area (Å²) in [7, 11) is 0. The normalized spacial score (nSPS) is 22.0. The summed E-state index contributed by atoms with van der Waals surface area (Å²) in [5, 5.41) is 1.16. The Hall–Kier alpha value is -1.98. The molecule has 1 saturated carbocycles. The van der Waals surface area contributed by atoms with Crippen LogP contribution in [0.25, 0.3) is 21.9 Å². The molecular weight excluding hydrogens is 286 g/mol. The van der Waals surface area contributed by atoms with Crippen LogP contribution in [0.15, 0.2) is 30.5 Å². The molecule has 4 rings (SSSR count). The number of hydrogen-bond donors (Lipinski definition) is 2. The van der Waals surface area contributed by atoms with Crippen molar-refractivity contribution in [1.82, 2.24) is 14.5 Å². The Kier molecular flexibility index (Phi) is 3.75. The van der Waals surface area contributed by atoms with Crippen molar-refractivity contribution in [3.05, 3.63) is 36.3 Å². The summed E-state index contributed by atoms with van der Waals surface area (Å²) in [6.45, 7) is 1.26. The maximum Gasteiger partial charge on any atom is 0.124 e. The van der Waals surface area contributed by atoms with Crippen molar-refractivity contribution in [3.8, 4) is 0 Å². The third-order valence-corrected chi connectivity index (χ3v) is 5.19. The highest BCUT2D eigenvalue weighted by Crippen LogP contribution is 2.36. The molecule has 1 aliphatic carbocycles. The van der Waals surface area contributed by atoms with Gasteiger partial charge in [-0.05, 0) is 44.2 Å². The van der Waals surface area contributed by atoms with Gasteiger partial charge in [0, 0.05) is 11.4 Å². The molecule has 0 bridgehead atoms. The lowest BCUT2D eigenvalue weighted by Gasteiger charge is -2.30. The minimum absolute atomic E-state index is 0.458. The van der Waals surface area contributed by atoms with Crippen molar-refractivity contribution < 1.29 is 0 Å². The van der Waals surface area contributed by atoms with E-state index in [1.54, 1.807) is 0 Å². The molecule has 0 atom stereocenters. The van der Waals surface area contributed by atoms with Crippen molar-refractivity contribution >= 4 is 21.9 Å². The van der Waals surface area contributed by atoms with Gasteiger partial charge in [0.1, 0.15) is 11.3 Å². The van der Waals surface area contributed by atoms with Crippen LogP contribution in [0.4, 0.5) is 0 Å². The molecule has 0 radical (unpaired) electrons. The molecule has 0 unspecified atom stereocenters. The minimum atomic E-state index is 0.458. The van der Waals surface area contributed by atoms with Crippen LogP contribution in [0.3, 0.4) is 0 Å². The van der Waals surface area contributed by atoms with Crippen LogP contribution in [0.5, 0.6) is 0 Å². The van der Waals surface area contributed by atoms with E-state index in [1.807, 2.05) is 12.3 Å². The van der Waals surface area contributed by atoms with E-state index >= 15 is 0 Å². The molecule has 1 aromatic carbocycles. The highest BCUT2D eigenvalue weighted by Gasteiger charge is 2.25. The van der Waals surface area contributed by atoms with E-state index < -0.39 is 0 Å². The van der Waals surface area contributed by atoms with Gasteiger partial charge < -0.3 is 16.0 Å². The first-order chi connectivity index (χ1) is 11.3. The Morgan fingerprint density at radius 2 is 1.83 bits per heavy atom. The highest BCUT2D eigenvalue weighted by atomic mass is 15.1. The number of para-hydroxylation sites is 1. The molecule has 1 aliphatic rings. The first kappa shape index (κ1) is 14.6. The monoisotopic (exact) mass is 309 g/mol. The SMILES string of the molecule is NCc1nc2cnc3ccccc3c2n1[C@H]1CC[C@H](CN)CC1. The Bertz CT molecular complexity index is 830. The van der Waals surface area contributed by atoms with E-state index in [9.17, 15) is 0 Å². The molecular formula is C18H23N5. The molecule has 4 N–H and O–H groups in total. The molecule has 0 saturated heterocycles. The summed E-state index contributed by atoms with van der Waals surface area (Å²) in [5.74, 6) is 1.63.